The molecule has 0 unspecified atom stereocenters. The average Bonchev–Trinajstić information content (AvgIpc) is 3.14. The highest BCUT2D eigenvalue weighted by Gasteiger charge is 2.22. The molecule has 4 rings (SSSR count). The van der Waals surface area contributed by atoms with E-state index in [-0.39, 0.29) is 17.3 Å². The molecule has 0 aliphatic heterocycles. The van der Waals surface area contributed by atoms with Gasteiger partial charge in [-0.15, -0.1) is 5.10 Å². The molecule has 1 N–H and O–H groups in total. The molecule has 32 heavy (non-hydrogen) atoms. The maximum atomic E-state index is 13.2. The lowest BCUT2D eigenvalue weighted by molar-refractivity contribution is 0.0697. The third-order valence-corrected chi connectivity index (χ3v) is 5.95. The Morgan fingerprint density at radius 1 is 1.09 bits per heavy atom. The summed E-state index contributed by atoms with van der Waals surface area (Å²) < 4.78 is 3.29. The summed E-state index contributed by atoms with van der Waals surface area (Å²) in [6, 6.07) is 14.7. The van der Waals surface area contributed by atoms with Crippen LogP contribution in [0.4, 0.5) is 0 Å². The molecule has 3 aromatic rings. The minimum Gasteiger partial charge on any atom is -0.478 e. The first-order chi connectivity index (χ1) is 15.6. The molecule has 0 radical (unpaired) electrons. The summed E-state index contributed by atoms with van der Waals surface area (Å²) >= 11 is 0. The molecule has 1 heterocycles. The van der Waals surface area contributed by atoms with Gasteiger partial charge in [0, 0.05) is 6.42 Å². The van der Waals surface area contributed by atoms with Gasteiger partial charge in [-0.2, -0.15) is 0 Å². The molecular formula is C26H27N3O3. The Kier molecular flexibility index (Phi) is 6.55. The molecule has 6 heteroatoms. The SMILES string of the molecule is CCC#Cc1nn(C2CCCCC2)c(=O)n1Cc1ccc(-c2ccccc2C(=O)O)cc1. The highest BCUT2D eigenvalue weighted by atomic mass is 16.4. The minimum atomic E-state index is -0.953. The number of carboxylic acid groups (broad SMARTS) is 1. The van der Waals surface area contributed by atoms with Gasteiger partial charge in [-0.05, 0) is 41.5 Å². The fourth-order valence-electron chi connectivity index (χ4n) is 4.27. The van der Waals surface area contributed by atoms with Gasteiger partial charge in [-0.1, -0.05) is 74.6 Å². The Bertz CT molecular complexity index is 1220. The van der Waals surface area contributed by atoms with Crippen molar-refractivity contribution in [3.05, 3.63) is 76.0 Å². The van der Waals surface area contributed by atoms with Crippen molar-refractivity contribution in [1.82, 2.24) is 14.3 Å². The van der Waals surface area contributed by atoms with Gasteiger partial charge in [0.25, 0.3) is 0 Å². The summed E-state index contributed by atoms with van der Waals surface area (Å²) in [4.78, 5) is 24.7. The van der Waals surface area contributed by atoms with Crippen molar-refractivity contribution in [3.8, 4) is 23.0 Å². The summed E-state index contributed by atoms with van der Waals surface area (Å²) in [6.07, 6.45) is 6.12. The molecule has 2 aromatic carbocycles. The van der Waals surface area contributed by atoms with E-state index in [1.807, 2.05) is 37.3 Å². The van der Waals surface area contributed by atoms with Gasteiger partial charge in [0.2, 0.25) is 5.82 Å². The number of hydrogen-bond donors (Lipinski definition) is 1. The molecular weight excluding hydrogens is 402 g/mol. The topological polar surface area (TPSA) is 77.1 Å². The van der Waals surface area contributed by atoms with Crippen molar-refractivity contribution < 1.29 is 9.90 Å². The second-order valence-corrected chi connectivity index (χ2v) is 8.13. The van der Waals surface area contributed by atoms with E-state index in [1.165, 1.54) is 6.42 Å². The van der Waals surface area contributed by atoms with Gasteiger partial charge >= 0.3 is 11.7 Å². The van der Waals surface area contributed by atoms with Gasteiger partial charge in [0.05, 0.1) is 18.2 Å². The lowest BCUT2D eigenvalue weighted by Crippen LogP contribution is -2.29. The lowest BCUT2D eigenvalue weighted by atomic mass is 9.96. The number of benzene rings is 2. The van der Waals surface area contributed by atoms with Crippen molar-refractivity contribution in [1.29, 1.82) is 0 Å². The second-order valence-electron chi connectivity index (χ2n) is 8.13. The number of hydrogen-bond acceptors (Lipinski definition) is 3. The molecule has 0 amide bonds. The lowest BCUT2D eigenvalue weighted by Gasteiger charge is -2.20. The fourth-order valence-corrected chi connectivity index (χ4v) is 4.27. The van der Waals surface area contributed by atoms with Crippen LogP contribution < -0.4 is 5.69 Å². The van der Waals surface area contributed by atoms with Crippen molar-refractivity contribution in [2.24, 2.45) is 0 Å². The van der Waals surface area contributed by atoms with E-state index in [2.05, 4.69) is 16.9 Å². The highest BCUT2D eigenvalue weighted by Crippen LogP contribution is 2.27. The highest BCUT2D eigenvalue weighted by molar-refractivity contribution is 5.95. The summed E-state index contributed by atoms with van der Waals surface area (Å²) in [6.45, 7) is 2.35. The molecule has 1 fully saturated rings. The molecule has 1 saturated carbocycles. The Balaban J connectivity index is 1.64. The Morgan fingerprint density at radius 2 is 1.81 bits per heavy atom. The molecule has 164 valence electrons. The van der Waals surface area contributed by atoms with Crippen molar-refractivity contribution in [2.45, 2.75) is 58.0 Å². The largest absolute Gasteiger partial charge is 0.478 e. The fraction of sp³-hybridized carbons (Fsp3) is 0.346. The summed E-state index contributed by atoms with van der Waals surface area (Å²) in [7, 11) is 0. The van der Waals surface area contributed by atoms with E-state index in [0.717, 1.165) is 36.8 Å². The van der Waals surface area contributed by atoms with Crippen LogP contribution in [-0.2, 0) is 6.54 Å². The van der Waals surface area contributed by atoms with Gasteiger partial charge in [-0.25, -0.2) is 14.3 Å². The van der Waals surface area contributed by atoms with Crippen LogP contribution in [-0.4, -0.2) is 25.4 Å². The molecule has 0 saturated heterocycles. The number of rotatable bonds is 5. The first kappa shape index (κ1) is 21.6. The van der Waals surface area contributed by atoms with Crippen LogP contribution >= 0.6 is 0 Å². The third kappa shape index (κ3) is 4.52. The van der Waals surface area contributed by atoms with Crippen LogP contribution in [0.5, 0.6) is 0 Å². The van der Waals surface area contributed by atoms with E-state index in [4.69, 9.17) is 0 Å². The molecule has 0 bridgehead atoms. The van der Waals surface area contributed by atoms with E-state index in [9.17, 15) is 14.7 Å². The molecule has 6 nitrogen and oxygen atoms in total. The summed E-state index contributed by atoms with van der Waals surface area (Å²) in [5.41, 5.74) is 2.58. The predicted octanol–water partition coefficient (Wildman–Crippen LogP) is 4.73. The van der Waals surface area contributed by atoms with Crippen LogP contribution in [0.1, 0.15) is 73.2 Å². The van der Waals surface area contributed by atoms with Crippen LogP contribution in [0.3, 0.4) is 0 Å². The van der Waals surface area contributed by atoms with Crippen LogP contribution in [0, 0.1) is 11.8 Å². The normalized spacial score (nSPS) is 14.0. The first-order valence-electron chi connectivity index (χ1n) is 11.2. The van der Waals surface area contributed by atoms with Crippen LogP contribution in [0.15, 0.2) is 53.3 Å². The number of carbonyl (C=O) groups is 1. The van der Waals surface area contributed by atoms with Crippen molar-refractivity contribution >= 4 is 5.97 Å². The second kappa shape index (κ2) is 9.69. The number of nitrogens with zero attached hydrogens (tertiary/aromatic N) is 3. The average molecular weight is 430 g/mol. The first-order valence-corrected chi connectivity index (χ1v) is 11.2. The van der Waals surface area contributed by atoms with E-state index in [0.29, 0.717) is 24.4 Å². The zero-order valence-electron chi connectivity index (χ0n) is 18.3. The van der Waals surface area contributed by atoms with Gasteiger partial charge < -0.3 is 5.11 Å². The number of carboxylic acids is 1. The number of aromatic carboxylic acids is 1. The predicted molar refractivity (Wildman–Crippen MR) is 124 cm³/mol. The Morgan fingerprint density at radius 3 is 2.50 bits per heavy atom. The number of aromatic nitrogens is 3. The molecule has 0 spiro atoms. The van der Waals surface area contributed by atoms with E-state index < -0.39 is 5.97 Å². The molecule has 1 aliphatic carbocycles. The molecule has 1 aromatic heterocycles. The zero-order valence-corrected chi connectivity index (χ0v) is 18.3. The maximum Gasteiger partial charge on any atom is 0.347 e. The van der Waals surface area contributed by atoms with Crippen LogP contribution in [0.2, 0.25) is 0 Å². The van der Waals surface area contributed by atoms with Crippen molar-refractivity contribution in [3.63, 3.8) is 0 Å². The maximum absolute atomic E-state index is 13.2. The molecule has 1 aliphatic rings. The molecule has 0 atom stereocenters. The monoisotopic (exact) mass is 429 g/mol. The Hall–Kier alpha value is -3.59. The minimum absolute atomic E-state index is 0.113. The van der Waals surface area contributed by atoms with Gasteiger partial charge in [-0.3, -0.25) is 4.57 Å². The standard InChI is InChI=1S/C26H27N3O3/c1-2-3-13-24-27-29(21-9-5-4-6-10-21)26(32)28(24)18-19-14-16-20(17-15-19)22-11-7-8-12-23(22)25(30)31/h7-8,11-12,14-17,21H,2,4-6,9-10,18H2,1H3,(H,30,31). The quantitative estimate of drug-likeness (QED) is 0.595. The third-order valence-electron chi connectivity index (χ3n) is 5.95. The summed E-state index contributed by atoms with van der Waals surface area (Å²) in [5.74, 6) is 5.65. The van der Waals surface area contributed by atoms with Crippen molar-refractivity contribution in [2.75, 3.05) is 0 Å². The van der Waals surface area contributed by atoms with Gasteiger partial charge in [0.1, 0.15) is 0 Å². The smallest absolute Gasteiger partial charge is 0.347 e. The van der Waals surface area contributed by atoms with Gasteiger partial charge in [0.15, 0.2) is 0 Å². The summed E-state index contributed by atoms with van der Waals surface area (Å²) in [5, 5.41) is 14.0. The Labute approximate surface area is 187 Å². The van der Waals surface area contributed by atoms with Crippen LogP contribution in [0.25, 0.3) is 11.1 Å². The zero-order chi connectivity index (χ0) is 22.5. The van der Waals surface area contributed by atoms with E-state index in [1.54, 1.807) is 27.4 Å². The van der Waals surface area contributed by atoms with E-state index >= 15 is 0 Å².